The van der Waals surface area contributed by atoms with Gasteiger partial charge in [-0.15, -0.1) is 0 Å². The summed E-state index contributed by atoms with van der Waals surface area (Å²) in [7, 11) is 4.09. The number of carbonyl (C=O) groups is 1. The van der Waals surface area contributed by atoms with E-state index in [4.69, 9.17) is 17.3 Å². The lowest BCUT2D eigenvalue weighted by Gasteiger charge is -2.25. The number of benzene rings is 1. The lowest BCUT2D eigenvalue weighted by Crippen LogP contribution is -2.31. The van der Waals surface area contributed by atoms with Crippen LogP contribution >= 0.6 is 11.6 Å². The van der Waals surface area contributed by atoms with Crippen molar-refractivity contribution in [2.75, 3.05) is 26.4 Å². The van der Waals surface area contributed by atoms with Crippen LogP contribution in [0.4, 0.5) is 5.82 Å². The predicted molar refractivity (Wildman–Crippen MR) is 94.9 cm³/mol. The molecule has 2 heterocycles. The molecule has 0 saturated carbocycles. The van der Waals surface area contributed by atoms with Crippen LogP contribution in [0.25, 0.3) is 0 Å². The number of H-pyrrole nitrogens is 1. The number of likely N-dealkylation sites (tertiary alicyclic amines) is 1. The Bertz CT molecular complexity index is 725. The maximum atomic E-state index is 12.8. The van der Waals surface area contributed by atoms with Crippen LogP contribution in [0.15, 0.2) is 24.3 Å². The number of carbonyl (C=O) groups excluding carboxylic acids is 1. The van der Waals surface area contributed by atoms with Crippen LogP contribution in [-0.4, -0.2) is 46.5 Å². The number of anilines is 1. The van der Waals surface area contributed by atoms with Crippen LogP contribution in [0.5, 0.6) is 0 Å². The summed E-state index contributed by atoms with van der Waals surface area (Å²) >= 11 is 6.07. The summed E-state index contributed by atoms with van der Waals surface area (Å²) in [5, 5.41) is 6.66. The first-order chi connectivity index (χ1) is 11.5. The Morgan fingerprint density at radius 1 is 1.42 bits per heavy atom. The number of aromatic amines is 1. The van der Waals surface area contributed by atoms with Crippen molar-refractivity contribution in [2.45, 2.75) is 25.4 Å². The second kappa shape index (κ2) is 6.83. The highest BCUT2D eigenvalue weighted by atomic mass is 35.5. The molecule has 2 aromatic rings. The Morgan fingerprint density at radius 2 is 2.12 bits per heavy atom. The van der Waals surface area contributed by atoms with E-state index in [9.17, 15) is 4.79 Å². The molecule has 0 bridgehead atoms. The molecule has 24 heavy (non-hydrogen) atoms. The summed E-state index contributed by atoms with van der Waals surface area (Å²) < 4.78 is 0. The molecule has 1 amide bonds. The zero-order valence-corrected chi connectivity index (χ0v) is 14.7. The van der Waals surface area contributed by atoms with Gasteiger partial charge in [0.25, 0.3) is 5.91 Å². The molecule has 128 valence electrons. The minimum atomic E-state index is -0.149. The van der Waals surface area contributed by atoms with Crippen LogP contribution in [0.3, 0.4) is 0 Å². The Hall–Kier alpha value is -2.05. The fraction of sp³-hybridized carbons (Fsp3) is 0.412. The van der Waals surface area contributed by atoms with Gasteiger partial charge in [0.05, 0.1) is 6.04 Å². The van der Waals surface area contributed by atoms with E-state index in [0.29, 0.717) is 6.54 Å². The average Bonchev–Trinajstić information content (AvgIpc) is 3.15. The van der Waals surface area contributed by atoms with Gasteiger partial charge >= 0.3 is 0 Å². The van der Waals surface area contributed by atoms with Crippen molar-refractivity contribution >= 4 is 23.3 Å². The van der Waals surface area contributed by atoms with Crippen molar-refractivity contribution in [2.24, 2.45) is 0 Å². The normalized spacial score (nSPS) is 17.7. The van der Waals surface area contributed by atoms with E-state index in [0.717, 1.165) is 24.9 Å². The van der Waals surface area contributed by atoms with Gasteiger partial charge in [0.2, 0.25) is 0 Å². The van der Waals surface area contributed by atoms with E-state index in [2.05, 4.69) is 39.4 Å². The molecule has 1 unspecified atom stereocenters. The molecule has 3 N–H and O–H groups in total. The molecule has 7 heteroatoms. The second-order valence-corrected chi connectivity index (χ2v) is 6.81. The molecule has 6 nitrogen and oxygen atoms in total. The number of nitrogens with zero attached hydrogens (tertiary/aromatic N) is 3. The highest BCUT2D eigenvalue weighted by Gasteiger charge is 2.32. The Labute approximate surface area is 146 Å². The van der Waals surface area contributed by atoms with Crippen molar-refractivity contribution in [1.82, 2.24) is 20.0 Å². The number of hydrogen-bond acceptors (Lipinski definition) is 4. The topological polar surface area (TPSA) is 78.2 Å². The molecule has 1 saturated heterocycles. The SMILES string of the molecule is CN(C)Cc1ccc(C2CCCN2C(=O)c2[nH]nc(N)c2Cl)cc1. The Kier molecular flexibility index (Phi) is 4.78. The van der Waals surface area contributed by atoms with Gasteiger partial charge < -0.3 is 15.5 Å². The standard InChI is InChI=1S/C17H22ClN5O/c1-22(2)10-11-5-7-12(8-6-11)13-4-3-9-23(13)17(24)15-14(18)16(19)21-20-15/h5-8,13H,3-4,9-10H2,1-2H3,(H3,19,20,21). The lowest BCUT2D eigenvalue weighted by atomic mass is 10.0. The number of nitrogen functional groups attached to an aromatic ring is 1. The van der Waals surface area contributed by atoms with Gasteiger partial charge in [-0.05, 0) is 38.1 Å². The third-order valence-electron chi connectivity index (χ3n) is 4.32. The zero-order valence-electron chi connectivity index (χ0n) is 13.9. The van der Waals surface area contributed by atoms with Crippen LogP contribution in [0.1, 0.15) is 40.5 Å². The maximum absolute atomic E-state index is 12.8. The van der Waals surface area contributed by atoms with Crippen molar-refractivity contribution < 1.29 is 4.79 Å². The Balaban J connectivity index is 1.80. The van der Waals surface area contributed by atoms with Crippen LogP contribution in [0, 0.1) is 0 Å². The number of amides is 1. The van der Waals surface area contributed by atoms with Gasteiger partial charge in [0.1, 0.15) is 10.7 Å². The van der Waals surface area contributed by atoms with E-state index >= 15 is 0 Å². The minimum absolute atomic E-state index is 0.0616. The van der Waals surface area contributed by atoms with E-state index in [-0.39, 0.29) is 28.5 Å². The predicted octanol–water partition coefficient (Wildman–Crippen LogP) is 2.68. The molecule has 1 aromatic heterocycles. The lowest BCUT2D eigenvalue weighted by molar-refractivity contribution is 0.0730. The van der Waals surface area contributed by atoms with E-state index < -0.39 is 0 Å². The van der Waals surface area contributed by atoms with Gasteiger partial charge in [-0.3, -0.25) is 9.89 Å². The van der Waals surface area contributed by atoms with Gasteiger partial charge in [-0.1, -0.05) is 35.9 Å². The van der Waals surface area contributed by atoms with Crippen molar-refractivity contribution in [3.05, 3.63) is 46.1 Å². The van der Waals surface area contributed by atoms with Gasteiger partial charge in [-0.25, -0.2) is 0 Å². The molecule has 1 aliphatic rings. The molecule has 0 aliphatic carbocycles. The summed E-state index contributed by atoms with van der Waals surface area (Å²) in [6.45, 7) is 1.61. The number of nitrogens with one attached hydrogen (secondary N) is 1. The smallest absolute Gasteiger partial charge is 0.274 e. The summed E-state index contributed by atoms with van der Waals surface area (Å²) in [4.78, 5) is 16.8. The summed E-state index contributed by atoms with van der Waals surface area (Å²) in [5.74, 6) is 0.00729. The first kappa shape index (κ1) is 16.8. The molecule has 1 fully saturated rings. The first-order valence-electron chi connectivity index (χ1n) is 8.01. The Morgan fingerprint density at radius 3 is 2.71 bits per heavy atom. The van der Waals surface area contributed by atoms with E-state index in [1.165, 1.54) is 5.56 Å². The van der Waals surface area contributed by atoms with E-state index in [1.807, 2.05) is 19.0 Å². The molecule has 1 aliphatic heterocycles. The van der Waals surface area contributed by atoms with Crippen LogP contribution in [0.2, 0.25) is 5.02 Å². The fourth-order valence-corrected chi connectivity index (χ4v) is 3.36. The number of rotatable bonds is 4. The summed E-state index contributed by atoms with van der Waals surface area (Å²) in [6.07, 6.45) is 1.91. The summed E-state index contributed by atoms with van der Waals surface area (Å²) in [6, 6.07) is 8.52. The number of aromatic nitrogens is 2. The number of hydrogen-bond donors (Lipinski definition) is 2. The monoisotopic (exact) mass is 347 g/mol. The summed E-state index contributed by atoms with van der Waals surface area (Å²) in [5.41, 5.74) is 8.30. The van der Waals surface area contributed by atoms with Gasteiger partial charge in [0.15, 0.2) is 5.82 Å². The third-order valence-corrected chi connectivity index (χ3v) is 4.71. The molecular weight excluding hydrogens is 326 g/mol. The van der Waals surface area contributed by atoms with E-state index in [1.54, 1.807) is 0 Å². The quantitative estimate of drug-likeness (QED) is 0.891. The number of nitrogens with two attached hydrogens (primary N) is 1. The van der Waals surface area contributed by atoms with Gasteiger partial charge in [-0.2, -0.15) is 5.10 Å². The molecule has 1 aromatic carbocycles. The molecule has 3 rings (SSSR count). The second-order valence-electron chi connectivity index (χ2n) is 6.43. The highest BCUT2D eigenvalue weighted by Crippen LogP contribution is 2.34. The fourth-order valence-electron chi connectivity index (χ4n) is 3.19. The minimum Gasteiger partial charge on any atom is -0.381 e. The number of halogens is 1. The zero-order chi connectivity index (χ0) is 17.3. The van der Waals surface area contributed by atoms with Crippen molar-refractivity contribution in [3.63, 3.8) is 0 Å². The van der Waals surface area contributed by atoms with Gasteiger partial charge in [0, 0.05) is 13.1 Å². The largest absolute Gasteiger partial charge is 0.381 e. The van der Waals surface area contributed by atoms with Crippen molar-refractivity contribution in [1.29, 1.82) is 0 Å². The average molecular weight is 348 g/mol. The highest BCUT2D eigenvalue weighted by molar-refractivity contribution is 6.35. The third kappa shape index (κ3) is 3.25. The van der Waals surface area contributed by atoms with Crippen molar-refractivity contribution in [3.8, 4) is 0 Å². The van der Waals surface area contributed by atoms with Crippen LogP contribution in [-0.2, 0) is 6.54 Å². The van der Waals surface area contributed by atoms with Crippen LogP contribution < -0.4 is 5.73 Å². The molecule has 0 spiro atoms. The molecular formula is C17H22ClN5O. The first-order valence-corrected chi connectivity index (χ1v) is 8.39. The molecule has 1 atom stereocenters. The molecule has 0 radical (unpaired) electrons. The maximum Gasteiger partial charge on any atom is 0.274 e.